The summed E-state index contributed by atoms with van der Waals surface area (Å²) >= 11 is 0.571. The van der Waals surface area contributed by atoms with Gasteiger partial charge in [0.05, 0.1) is 18.4 Å². The van der Waals surface area contributed by atoms with Gasteiger partial charge < -0.3 is 9.47 Å². The second-order valence-corrected chi connectivity index (χ2v) is 9.22. The molecule has 7 nitrogen and oxygen atoms in total. The van der Waals surface area contributed by atoms with Crippen molar-refractivity contribution in [2.45, 2.75) is 71.3 Å². The zero-order valence-corrected chi connectivity index (χ0v) is 19.1. The summed E-state index contributed by atoms with van der Waals surface area (Å²) in [5.41, 5.74) is -3.49. The highest BCUT2D eigenvalue weighted by Crippen LogP contribution is 2.31. The van der Waals surface area contributed by atoms with Crippen LogP contribution in [0.1, 0.15) is 42.4 Å². The second kappa shape index (κ2) is 9.12. The summed E-state index contributed by atoms with van der Waals surface area (Å²) in [6, 6.07) is 0. The lowest BCUT2D eigenvalue weighted by molar-refractivity contribution is -0.216. The van der Waals surface area contributed by atoms with Crippen LogP contribution < -0.4 is 11.2 Å². The van der Waals surface area contributed by atoms with Gasteiger partial charge in [0.2, 0.25) is 0 Å². The zero-order chi connectivity index (χ0) is 25.5. The maximum Gasteiger partial charge on any atom is 0.416 e. The number of carbonyl (C=O) groups is 1. The van der Waals surface area contributed by atoms with Crippen LogP contribution in [-0.2, 0) is 22.6 Å². The molecule has 2 aromatic heterocycles. The lowest BCUT2D eigenvalue weighted by Gasteiger charge is -2.20. The van der Waals surface area contributed by atoms with E-state index < -0.39 is 60.8 Å². The van der Waals surface area contributed by atoms with E-state index in [1.165, 1.54) is 6.92 Å². The fraction of sp³-hybridized carbons (Fsp3) is 0.632. The minimum Gasteiger partial charge on any atom is -0.456 e. The molecule has 0 saturated heterocycles. The quantitative estimate of drug-likeness (QED) is 0.439. The maximum atomic E-state index is 13.2. The molecular weight excluding hydrogens is 482 g/mol. The molecule has 0 radical (unpaired) electrons. The molecule has 1 atom stereocenters. The van der Waals surface area contributed by atoms with Crippen molar-refractivity contribution in [1.29, 1.82) is 0 Å². The van der Waals surface area contributed by atoms with Gasteiger partial charge >= 0.3 is 24.0 Å². The first-order valence-corrected chi connectivity index (χ1v) is 10.4. The van der Waals surface area contributed by atoms with Crippen LogP contribution in [0.25, 0.3) is 10.2 Å². The van der Waals surface area contributed by atoms with Gasteiger partial charge in [0.15, 0.2) is 6.10 Å². The van der Waals surface area contributed by atoms with Crippen molar-refractivity contribution >= 4 is 27.5 Å². The number of ether oxygens (including phenoxy) is 2. The second-order valence-electron chi connectivity index (χ2n) is 8.22. The van der Waals surface area contributed by atoms with Crippen LogP contribution in [0.4, 0.5) is 26.3 Å². The molecule has 0 aliphatic carbocycles. The third-order valence-corrected chi connectivity index (χ3v) is 5.79. The molecule has 0 aromatic carbocycles. The number of aryl methyl sites for hydroxylation is 2. The van der Waals surface area contributed by atoms with Crippen molar-refractivity contribution in [1.82, 2.24) is 9.13 Å². The van der Waals surface area contributed by atoms with E-state index in [1.807, 2.05) is 0 Å². The summed E-state index contributed by atoms with van der Waals surface area (Å²) in [6.07, 6.45) is -13.7. The summed E-state index contributed by atoms with van der Waals surface area (Å²) in [5, 5.41) is -0.334. The first kappa shape index (κ1) is 26.9. The number of thiophene rings is 1. The molecule has 0 aliphatic rings. The van der Waals surface area contributed by atoms with Crippen molar-refractivity contribution in [3.8, 4) is 0 Å². The highest BCUT2D eigenvalue weighted by Gasteiger charge is 2.41. The molecule has 0 fully saturated rings. The van der Waals surface area contributed by atoms with E-state index >= 15 is 0 Å². The zero-order valence-electron chi connectivity index (χ0n) is 18.3. The fourth-order valence-electron chi connectivity index (χ4n) is 2.99. The third-order valence-electron chi connectivity index (χ3n) is 4.50. The molecule has 1 unspecified atom stereocenters. The first-order chi connectivity index (χ1) is 14.9. The number of carbonyl (C=O) groups excluding carboxylic acids is 1. The van der Waals surface area contributed by atoms with Gasteiger partial charge in [-0.25, -0.2) is 9.59 Å². The monoisotopic (exact) mass is 504 g/mol. The number of nitrogens with zero attached hydrogens (tertiary/aromatic N) is 2. The van der Waals surface area contributed by atoms with Crippen LogP contribution in [0.3, 0.4) is 0 Å². The van der Waals surface area contributed by atoms with E-state index in [0.717, 1.165) is 7.11 Å². The first-order valence-electron chi connectivity index (χ1n) is 9.53. The Balaban J connectivity index is 2.80. The van der Waals surface area contributed by atoms with Crippen LogP contribution >= 0.6 is 11.3 Å². The van der Waals surface area contributed by atoms with E-state index in [2.05, 4.69) is 4.74 Å². The third kappa shape index (κ3) is 6.16. The van der Waals surface area contributed by atoms with Crippen LogP contribution in [-0.4, -0.2) is 46.3 Å². The number of fused-ring (bicyclic) bond motifs is 1. The summed E-state index contributed by atoms with van der Waals surface area (Å²) in [7, 11) is 0.723. The topological polar surface area (TPSA) is 79.5 Å². The Morgan fingerprint density at radius 3 is 2.09 bits per heavy atom. The van der Waals surface area contributed by atoms with Gasteiger partial charge in [-0.05, 0) is 33.3 Å². The number of hydrogen-bond donors (Lipinski definition) is 0. The van der Waals surface area contributed by atoms with Gasteiger partial charge in [0, 0.05) is 13.7 Å². The Morgan fingerprint density at radius 2 is 1.64 bits per heavy atom. The molecule has 14 heteroatoms. The van der Waals surface area contributed by atoms with E-state index in [0.29, 0.717) is 15.9 Å². The molecule has 0 amide bonds. The van der Waals surface area contributed by atoms with Crippen LogP contribution in [0.15, 0.2) is 9.59 Å². The van der Waals surface area contributed by atoms with Gasteiger partial charge in [-0.1, -0.05) is 0 Å². The van der Waals surface area contributed by atoms with E-state index in [1.54, 1.807) is 20.8 Å². The normalized spacial score (nSPS) is 14.0. The molecule has 0 spiro atoms. The fourth-order valence-corrected chi connectivity index (χ4v) is 4.18. The predicted molar refractivity (Wildman–Crippen MR) is 108 cm³/mol. The SMILES string of the molecule is COC(Cn1c(=O)c2c(C)c(C(=O)OC(C)(C)C)sc2n(CCC(F)(F)F)c1=O)C(F)(F)F. The highest BCUT2D eigenvalue weighted by atomic mass is 32.1. The van der Waals surface area contributed by atoms with Crippen LogP contribution in [0.5, 0.6) is 0 Å². The lowest BCUT2D eigenvalue weighted by Crippen LogP contribution is -2.46. The number of hydrogen-bond acceptors (Lipinski definition) is 6. The molecule has 2 rings (SSSR count). The van der Waals surface area contributed by atoms with Crippen LogP contribution in [0, 0.1) is 6.92 Å². The molecule has 0 bridgehead atoms. The number of aromatic nitrogens is 2. The Kier molecular flexibility index (Phi) is 7.44. The van der Waals surface area contributed by atoms with Gasteiger partial charge in [-0.15, -0.1) is 11.3 Å². The molecule has 0 aliphatic heterocycles. The van der Waals surface area contributed by atoms with Crippen molar-refractivity contribution in [3.05, 3.63) is 31.3 Å². The molecule has 0 saturated carbocycles. The Hall–Kier alpha value is -2.35. The van der Waals surface area contributed by atoms with Gasteiger partial charge in [-0.3, -0.25) is 13.9 Å². The largest absolute Gasteiger partial charge is 0.456 e. The molecular formula is C19H22F6N2O5S. The average molecular weight is 504 g/mol. The van der Waals surface area contributed by atoms with Gasteiger partial charge in [0.25, 0.3) is 5.56 Å². The molecule has 33 heavy (non-hydrogen) atoms. The molecule has 186 valence electrons. The number of halogens is 6. The smallest absolute Gasteiger partial charge is 0.416 e. The standard InChI is InChI=1S/C19H22F6N2O5S/c1-9-11-13(28)27(8-10(31-5)19(23,24)25)16(30)26(7-6-18(20,21)22)14(11)33-12(9)15(29)32-17(2,3)4/h10H,6-8H2,1-5H3. The number of esters is 1. The Labute approximate surface area is 187 Å². The average Bonchev–Trinajstić information content (AvgIpc) is 2.95. The minimum atomic E-state index is -4.95. The molecule has 2 heterocycles. The van der Waals surface area contributed by atoms with Gasteiger partial charge in [0.1, 0.15) is 15.3 Å². The number of methoxy groups -OCH3 is 1. The highest BCUT2D eigenvalue weighted by molar-refractivity contribution is 7.20. The van der Waals surface area contributed by atoms with Crippen molar-refractivity contribution in [2.75, 3.05) is 7.11 Å². The van der Waals surface area contributed by atoms with Crippen molar-refractivity contribution in [2.24, 2.45) is 0 Å². The predicted octanol–water partition coefficient (Wildman–Crippen LogP) is 4.02. The van der Waals surface area contributed by atoms with E-state index in [4.69, 9.17) is 4.74 Å². The Bertz CT molecular complexity index is 1150. The number of rotatable bonds is 6. The summed E-state index contributed by atoms with van der Waals surface area (Å²) in [4.78, 5) is 38.0. The van der Waals surface area contributed by atoms with Crippen molar-refractivity contribution < 1.29 is 40.6 Å². The summed E-state index contributed by atoms with van der Waals surface area (Å²) in [5.74, 6) is -0.882. The Morgan fingerprint density at radius 1 is 1.06 bits per heavy atom. The molecule has 2 aromatic rings. The summed E-state index contributed by atoms with van der Waals surface area (Å²) < 4.78 is 88.4. The lowest BCUT2D eigenvalue weighted by atomic mass is 10.2. The summed E-state index contributed by atoms with van der Waals surface area (Å²) in [6.45, 7) is 3.79. The van der Waals surface area contributed by atoms with E-state index in [9.17, 15) is 40.7 Å². The number of alkyl halides is 6. The molecule has 0 N–H and O–H groups in total. The maximum absolute atomic E-state index is 13.2. The van der Waals surface area contributed by atoms with Gasteiger partial charge in [-0.2, -0.15) is 26.3 Å². The van der Waals surface area contributed by atoms with Crippen molar-refractivity contribution in [3.63, 3.8) is 0 Å². The minimum absolute atomic E-state index is 0.00951. The van der Waals surface area contributed by atoms with E-state index in [-0.39, 0.29) is 25.2 Å². The van der Waals surface area contributed by atoms with Crippen LogP contribution in [0.2, 0.25) is 0 Å².